The van der Waals surface area contributed by atoms with Gasteiger partial charge in [-0.3, -0.25) is 4.79 Å². The van der Waals surface area contributed by atoms with Gasteiger partial charge in [-0.15, -0.1) is 0 Å². The molecule has 0 radical (unpaired) electrons. The number of carbonyl (C=O) groups is 2. The zero-order valence-corrected chi connectivity index (χ0v) is 20.2. The first-order valence-corrected chi connectivity index (χ1v) is 11.5. The summed E-state index contributed by atoms with van der Waals surface area (Å²) in [6.07, 6.45) is 0.865. The smallest absolute Gasteiger partial charge is 0.337 e. The Morgan fingerprint density at radius 3 is 2.40 bits per heavy atom. The van der Waals surface area contributed by atoms with E-state index in [9.17, 15) is 9.59 Å². The molecule has 0 aliphatic carbocycles. The van der Waals surface area contributed by atoms with E-state index >= 15 is 0 Å². The standard InChI is InChI=1S/C28H30N4O3/c1-32(2)16-15-23(29)18-9-12-21(13-10-18)30-26(19-7-5-4-6-8-19)25-22-14-11-20(28(34)35-3)17-24(22)31-27(25)33/h4-14,17,23,30H,15-16,29H2,1-3H3,(H,31,33). The average Bonchev–Trinajstić information content (AvgIpc) is 3.20. The summed E-state index contributed by atoms with van der Waals surface area (Å²) >= 11 is 0. The normalized spacial score (nSPS) is 14.8. The minimum atomic E-state index is -0.454. The van der Waals surface area contributed by atoms with Gasteiger partial charge in [-0.05, 0) is 62.5 Å². The quantitative estimate of drug-likeness (QED) is 0.334. The Morgan fingerprint density at radius 2 is 1.74 bits per heavy atom. The SMILES string of the molecule is COC(=O)c1ccc2c(c1)NC(=O)C2=C(Nc1ccc(C(N)CCN(C)C)cc1)c1ccccc1. The largest absolute Gasteiger partial charge is 0.465 e. The van der Waals surface area contributed by atoms with Crippen molar-refractivity contribution in [2.45, 2.75) is 12.5 Å². The molecule has 0 bridgehead atoms. The van der Waals surface area contributed by atoms with Gasteiger partial charge in [0.25, 0.3) is 5.91 Å². The number of hydrogen-bond acceptors (Lipinski definition) is 6. The van der Waals surface area contributed by atoms with Crippen LogP contribution in [0.25, 0.3) is 11.3 Å². The lowest BCUT2D eigenvalue weighted by Gasteiger charge is -2.17. The molecule has 0 spiro atoms. The van der Waals surface area contributed by atoms with Crippen LogP contribution in [0.2, 0.25) is 0 Å². The van der Waals surface area contributed by atoms with Crippen LogP contribution in [0.1, 0.15) is 39.5 Å². The van der Waals surface area contributed by atoms with Crippen molar-refractivity contribution >= 4 is 34.5 Å². The third-order valence-corrected chi connectivity index (χ3v) is 5.99. The molecule has 1 heterocycles. The zero-order chi connectivity index (χ0) is 24.9. The van der Waals surface area contributed by atoms with Crippen molar-refractivity contribution in [3.05, 3.63) is 95.1 Å². The van der Waals surface area contributed by atoms with Crippen molar-refractivity contribution in [2.75, 3.05) is 38.4 Å². The number of nitrogens with zero attached hydrogens (tertiary/aromatic N) is 1. The number of rotatable bonds is 8. The third-order valence-electron chi connectivity index (χ3n) is 5.99. The molecule has 1 aliphatic heterocycles. The van der Waals surface area contributed by atoms with Gasteiger partial charge in [0, 0.05) is 17.3 Å². The van der Waals surface area contributed by atoms with E-state index in [1.165, 1.54) is 7.11 Å². The number of anilines is 2. The molecule has 1 amide bonds. The Hall–Kier alpha value is -3.94. The number of hydrogen-bond donors (Lipinski definition) is 3. The number of esters is 1. The maximum absolute atomic E-state index is 13.1. The molecule has 0 saturated carbocycles. The fraction of sp³-hybridized carbons (Fsp3) is 0.214. The van der Waals surface area contributed by atoms with Crippen molar-refractivity contribution in [2.24, 2.45) is 5.73 Å². The van der Waals surface area contributed by atoms with Gasteiger partial charge >= 0.3 is 5.97 Å². The van der Waals surface area contributed by atoms with E-state index in [2.05, 4.69) is 15.5 Å². The molecule has 7 heteroatoms. The number of ether oxygens (including phenoxy) is 1. The van der Waals surface area contributed by atoms with Crippen LogP contribution in [0.5, 0.6) is 0 Å². The molecule has 7 nitrogen and oxygen atoms in total. The van der Waals surface area contributed by atoms with Gasteiger partial charge in [0.15, 0.2) is 0 Å². The highest BCUT2D eigenvalue weighted by molar-refractivity contribution is 6.37. The molecule has 0 fully saturated rings. The lowest BCUT2D eigenvalue weighted by atomic mass is 9.98. The molecule has 0 aromatic heterocycles. The predicted molar refractivity (Wildman–Crippen MR) is 140 cm³/mol. The van der Waals surface area contributed by atoms with Crippen molar-refractivity contribution in [3.8, 4) is 0 Å². The van der Waals surface area contributed by atoms with E-state index in [0.717, 1.165) is 35.3 Å². The average molecular weight is 471 g/mol. The molecule has 4 rings (SSSR count). The second kappa shape index (κ2) is 10.5. The van der Waals surface area contributed by atoms with Crippen molar-refractivity contribution in [1.29, 1.82) is 0 Å². The predicted octanol–water partition coefficient (Wildman–Crippen LogP) is 4.36. The molecule has 3 aromatic rings. The molecule has 3 aromatic carbocycles. The van der Waals surface area contributed by atoms with E-state index in [4.69, 9.17) is 10.5 Å². The van der Waals surface area contributed by atoms with E-state index < -0.39 is 5.97 Å². The fourth-order valence-corrected chi connectivity index (χ4v) is 4.07. The highest BCUT2D eigenvalue weighted by atomic mass is 16.5. The van der Waals surface area contributed by atoms with Crippen molar-refractivity contribution < 1.29 is 14.3 Å². The second-order valence-electron chi connectivity index (χ2n) is 8.77. The first-order valence-electron chi connectivity index (χ1n) is 11.5. The van der Waals surface area contributed by atoms with Crippen LogP contribution in [0.4, 0.5) is 11.4 Å². The molecule has 35 heavy (non-hydrogen) atoms. The Balaban J connectivity index is 1.70. The van der Waals surface area contributed by atoms with Crippen molar-refractivity contribution in [3.63, 3.8) is 0 Å². The Morgan fingerprint density at radius 1 is 1.03 bits per heavy atom. The Bertz CT molecular complexity index is 1250. The van der Waals surface area contributed by atoms with Crippen LogP contribution in [0.15, 0.2) is 72.8 Å². The fourth-order valence-electron chi connectivity index (χ4n) is 4.07. The van der Waals surface area contributed by atoms with Gasteiger partial charge in [0.1, 0.15) is 0 Å². The van der Waals surface area contributed by atoms with E-state index in [0.29, 0.717) is 22.5 Å². The molecule has 0 saturated heterocycles. The summed E-state index contributed by atoms with van der Waals surface area (Å²) in [5, 5.41) is 6.34. The summed E-state index contributed by atoms with van der Waals surface area (Å²) in [7, 11) is 5.40. The van der Waals surface area contributed by atoms with Gasteiger partial charge in [-0.25, -0.2) is 4.79 Å². The molecule has 1 unspecified atom stereocenters. The molecule has 1 aliphatic rings. The summed E-state index contributed by atoms with van der Waals surface area (Å²) in [6.45, 7) is 0.914. The maximum Gasteiger partial charge on any atom is 0.337 e. The number of methoxy groups -OCH3 is 1. The summed E-state index contributed by atoms with van der Waals surface area (Å²) in [5.41, 5.74) is 12.0. The van der Waals surface area contributed by atoms with Crippen LogP contribution < -0.4 is 16.4 Å². The Kier molecular flexibility index (Phi) is 7.29. The van der Waals surface area contributed by atoms with Gasteiger partial charge in [-0.1, -0.05) is 48.5 Å². The number of nitrogens with one attached hydrogen (secondary N) is 2. The van der Waals surface area contributed by atoms with E-state index in [1.54, 1.807) is 18.2 Å². The number of fused-ring (bicyclic) bond motifs is 1. The van der Waals surface area contributed by atoms with Gasteiger partial charge in [0.05, 0.1) is 29.6 Å². The van der Waals surface area contributed by atoms with Gasteiger partial charge in [0.2, 0.25) is 0 Å². The lowest BCUT2D eigenvalue weighted by Crippen LogP contribution is -2.20. The first-order chi connectivity index (χ1) is 16.9. The zero-order valence-electron chi connectivity index (χ0n) is 20.2. The third kappa shape index (κ3) is 5.42. The molecular formula is C28H30N4O3. The summed E-state index contributed by atoms with van der Waals surface area (Å²) < 4.78 is 4.81. The highest BCUT2D eigenvalue weighted by Gasteiger charge is 2.29. The van der Waals surface area contributed by atoms with E-state index in [1.807, 2.05) is 68.7 Å². The van der Waals surface area contributed by atoms with Crippen LogP contribution in [0.3, 0.4) is 0 Å². The number of nitrogens with two attached hydrogens (primary N) is 1. The first kappa shape index (κ1) is 24.2. The lowest BCUT2D eigenvalue weighted by molar-refractivity contribution is -0.110. The molecule has 4 N–H and O–H groups in total. The monoisotopic (exact) mass is 470 g/mol. The number of carbonyl (C=O) groups excluding carboxylic acids is 2. The molecular weight excluding hydrogens is 440 g/mol. The topological polar surface area (TPSA) is 96.7 Å². The summed E-state index contributed by atoms with van der Waals surface area (Å²) in [5.74, 6) is -0.694. The highest BCUT2D eigenvalue weighted by Crippen LogP contribution is 2.38. The summed E-state index contributed by atoms with van der Waals surface area (Å²) in [4.78, 5) is 27.2. The van der Waals surface area contributed by atoms with Crippen LogP contribution in [-0.4, -0.2) is 44.5 Å². The minimum absolute atomic E-state index is 0.0464. The molecule has 180 valence electrons. The van der Waals surface area contributed by atoms with Gasteiger partial charge < -0.3 is 26.0 Å². The molecule has 1 atom stereocenters. The number of amides is 1. The van der Waals surface area contributed by atoms with Crippen molar-refractivity contribution in [1.82, 2.24) is 4.90 Å². The number of benzene rings is 3. The van der Waals surface area contributed by atoms with Crippen LogP contribution in [0, 0.1) is 0 Å². The van der Waals surface area contributed by atoms with Crippen LogP contribution in [-0.2, 0) is 9.53 Å². The van der Waals surface area contributed by atoms with Gasteiger partial charge in [-0.2, -0.15) is 0 Å². The summed E-state index contributed by atoms with van der Waals surface area (Å²) in [6, 6.07) is 22.7. The van der Waals surface area contributed by atoms with E-state index in [-0.39, 0.29) is 11.9 Å². The maximum atomic E-state index is 13.1. The Labute approximate surface area is 205 Å². The second-order valence-corrected chi connectivity index (χ2v) is 8.77. The van der Waals surface area contributed by atoms with Crippen LogP contribution >= 0.6 is 0 Å². The minimum Gasteiger partial charge on any atom is -0.465 e.